The lowest BCUT2D eigenvalue weighted by Gasteiger charge is -2.18. The molecule has 2 aromatic carbocycles. The van der Waals surface area contributed by atoms with Gasteiger partial charge in [0.25, 0.3) is 0 Å². The van der Waals surface area contributed by atoms with E-state index < -0.39 is 0 Å². The molecule has 0 bridgehead atoms. The molecule has 0 heterocycles. The minimum atomic E-state index is -0.193. The SMILES string of the molecule is CCNC(CSc1cccc(F)c1)c1ccc(Cl)cc1. The minimum Gasteiger partial charge on any atom is -0.309 e. The molecule has 1 N–H and O–H groups in total. The summed E-state index contributed by atoms with van der Waals surface area (Å²) >= 11 is 7.56. The number of hydrogen-bond acceptors (Lipinski definition) is 2. The van der Waals surface area contributed by atoms with Crippen LogP contribution in [0.5, 0.6) is 0 Å². The molecule has 0 radical (unpaired) electrons. The molecule has 0 saturated heterocycles. The summed E-state index contributed by atoms with van der Waals surface area (Å²) in [5, 5.41) is 4.18. The summed E-state index contributed by atoms with van der Waals surface area (Å²) in [6, 6.07) is 14.8. The van der Waals surface area contributed by atoms with E-state index in [0.29, 0.717) is 0 Å². The number of benzene rings is 2. The van der Waals surface area contributed by atoms with Crippen LogP contribution in [0.3, 0.4) is 0 Å². The molecule has 0 aliphatic carbocycles. The van der Waals surface area contributed by atoms with Gasteiger partial charge in [0.05, 0.1) is 0 Å². The summed E-state index contributed by atoms with van der Waals surface area (Å²) in [7, 11) is 0. The van der Waals surface area contributed by atoms with E-state index >= 15 is 0 Å². The van der Waals surface area contributed by atoms with Crippen LogP contribution < -0.4 is 5.32 Å². The molecule has 4 heteroatoms. The predicted octanol–water partition coefficient (Wildman–Crippen LogP) is 4.92. The van der Waals surface area contributed by atoms with Crippen LogP contribution in [0.15, 0.2) is 53.4 Å². The molecule has 0 fully saturated rings. The van der Waals surface area contributed by atoms with E-state index in [4.69, 9.17) is 11.6 Å². The first-order valence-corrected chi connectivity index (χ1v) is 7.92. The average molecular weight is 310 g/mol. The molecule has 0 aliphatic heterocycles. The van der Waals surface area contributed by atoms with Crippen molar-refractivity contribution in [3.63, 3.8) is 0 Å². The fourth-order valence-corrected chi connectivity index (χ4v) is 3.12. The lowest BCUT2D eigenvalue weighted by molar-refractivity contribution is 0.605. The standard InChI is InChI=1S/C16H17ClFNS/c1-2-19-16(12-6-8-13(17)9-7-12)11-20-15-5-3-4-14(18)10-15/h3-10,16,19H,2,11H2,1H3. The zero-order valence-electron chi connectivity index (χ0n) is 11.3. The van der Waals surface area contributed by atoms with Crippen LogP contribution in [0.25, 0.3) is 0 Å². The first-order valence-electron chi connectivity index (χ1n) is 6.56. The van der Waals surface area contributed by atoms with Gasteiger partial charge in [-0.15, -0.1) is 11.8 Å². The number of hydrogen-bond donors (Lipinski definition) is 1. The van der Waals surface area contributed by atoms with Crippen LogP contribution >= 0.6 is 23.4 Å². The van der Waals surface area contributed by atoms with Gasteiger partial charge >= 0.3 is 0 Å². The maximum Gasteiger partial charge on any atom is 0.124 e. The Hall–Kier alpha value is -1.03. The molecule has 0 aliphatic rings. The van der Waals surface area contributed by atoms with Crippen molar-refractivity contribution in [1.82, 2.24) is 5.32 Å². The molecule has 2 aromatic rings. The quantitative estimate of drug-likeness (QED) is 0.760. The Labute approximate surface area is 128 Å². The third-order valence-electron chi connectivity index (χ3n) is 2.94. The summed E-state index contributed by atoms with van der Waals surface area (Å²) in [4.78, 5) is 0.946. The third-order valence-corrected chi connectivity index (χ3v) is 4.27. The lowest BCUT2D eigenvalue weighted by Crippen LogP contribution is -2.22. The van der Waals surface area contributed by atoms with Crippen LogP contribution in [0, 0.1) is 5.82 Å². The van der Waals surface area contributed by atoms with E-state index in [-0.39, 0.29) is 11.9 Å². The first-order chi connectivity index (χ1) is 9.69. The van der Waals surface area contributed by atoms with Crippen molar-refractivity contribution in [2.45, 2.75) is 17.9 Å². The number of thioether (sulfide) groups is 1. The Morgan fingerprint density at radius 2 is 1.95 bits per heavy atom. The third kappa shape index (κ3) is 4.51. The van der Waals surface area contributed by atoms with Crippen molar-refractivity contribution in [1.29, 1.82) is 0 Å². The molecule has 1 nitrogen and oxygen atoms in total. The van der Waals surface area contributed by atoms with Gasteiger partial charge in [-0.2, -0.15) is 0 Å². The topological polar surface area (TPSA) is 12.0 Å². The molecule has 20 heavy (non-hydrogen) atoms. The molecular formula is C16H17ClFNS. The van der Waals surface area contributed by atoms with E-state index in [1.54, 1.807) is 23.9 Å². The summed E-state index contributed by atoms with van der Waals surface area (Å²) in [5.41, 5.74) is 1.19. The molecule has 0 saturated carbocycles. The molecule has 0 spiro atoms. The van der Waals surface area contributed by atoms with Gasteiger partial charge in [0.2, 0.25) is 0 Å². The second-order valence-corrected chi connectivity index (χ2v) is 5.96. The van der Waals surface area contributed by atoms with Crippen molar-refractivity contribution < 1.29 is 4.39 Å². The van der Waals surface area contributed by atoms with Gasteiger partial charge in [-0.25, -0.2) is 4.39 Å². The molecule has 0 aromatic heterocycles. The highest BCUT2D eigenvalue weighted by molar-refractivity contribution is 7.99. The molecule has 1 unspecified atom stereocenters. The smallest absolute Gasteiger partial charge is 0.124 e. The van der Waals surface area contributed by atoms with E-state index in [9.17, 15) is 4.39 Å². The van der Waals surface area contributed by atoms with E-state index in [1.807, 2.05) is 30.3 Å². The monoisotopic (exact) mass is 309 g/mol. The summed E-state index contributed by atoms with van der Waals surface area (Å²) in [6.07, 6.45) is 0. The maximum absolute atomic E-state index is 13.2. The molecule has 0 amide bonds. The van der Waals surface area contributed by atoms with Gasteiger partial charge in [0.1, 0.15) is 5.82 Å². The van der Waals surface area contributed by atoms with Crippen LogP contribution in [-0.2, 0) is 0 Å². The van der Waals surface area contributed by atoms with Gasteiger partial charge < -0.3 is 5.32 Å². The fraction of sp³-hybridized carbons (Fsp3) is 0.250. The second kappa shape index (κ2) is 7.67. The van der Waals surface area contributed by atoms with Gasteiger partial charge in [0.15, 0.2) is 0 Å². The Morgan fingerprint density at radius 1 is 1.20 bits per heavy atom. The van der Waals surface area contributed by atoms with Crippen molar-refractivity contribution >= 4 is 23.4 Å². The zero-order valence-corrected chi connectivity index (χ0v) is 12.8. The Bertz CT molecular complexity index is 544. The highest BCUT2D eigenvalue weighted by atomic mass is 35.5. The van der Waals surface area contributed by atoms with Crippen molar-refractivity contribution in [2.24, 2.45) is 0 Å². The highest BCUT2D eigenvalue weighted by Gasteiger charge is 2.11. The van der Waals surface area contributed by atoms with Gasteiger partial charge in [-0.3, -0.25) is 0 Å². The van der Waals surface area contributed by atoms with Crippen molar-refractivity contribution in [3.8, 4) is 0 Å². The predicted molar refractivity (Wildman–Crippen MR) is 85.0 cm³/mol. The summed E-state index contributed by atoms with van der Waals surface area (Å²) in [5.74, 6) is 0.653. The van der Waals surface area contributed by atoms with Gasteiger partial charge in [-0.1, -0.05) is 36.7 Å². The highest BCUT2D eigenvalue weighted by Crippen LogP contribution is 2.26. The lowest BCUT2D eigenvalue weighted by atomic mass is 10.1. The summed E-state index contributed by atoms with van der Waals surface area (Å²) < 4.78 is 13.2. The number of halogens is 2. The van der Waals surface area contributed by atoms with E-state index in [0.717, 1.165) is 22.2 Å². The zero-order chi connectivity index (χ0) is 14.4. The normalized spacial score (nSPS) is 12.3. The van der Waals surface area contributed by atoms with E-state index in [2.05, 4.69) is 12.2 Å². The second-order valence-electron chi connectivity index (χ2n) is 4.43. The van der Waals surface area contributed by atoms with Crippen LogP contribution in [-0.4, -0.2) is 12.3 Å². The van der Waals surface area contributed by atoms with Gasteiger partial charge in [-0.05, 0) is 42.4 Å². The molecule has 1 atom stereocenters. The Balaban J connectivity index is 2.04. The average Bonchev–Trinajstić information content (AvgIpc) is 2.44. The Kier molecular flexibility index (Phi) is 5.89. The largest absolute Gasteiger partial charge is 0.309 e. The van der Waals surface area contributed by atoms with Crippen LogP contribution in [0.1, 0.15) is 18.5 Å². The number of nitrogens with one attached hydrogen (secondary N) is 1. The molecule has 2 rings (SSSR count). The molecular weight excluding hydrogens is 293 g/mol. The van der Waals surface area contributed by atoms with Crippen molar-refractivity contribution in [2.75, 3.05) is 12.3 Å². The molecule has 106 valence electrons. The van der Waals surface area contributed by atoms with Crippen molar-refractivity contribution in [3.05, 3.63) is 64.9 Å². The van der Waals surface area contributed by atoms with Gasteiger partial charge in [0, 0.05) is 21.7 Å². The maximum atomic E-state index is 13.2. The first kappa shape index (κ1) is 15.4. The van der Waals surface area contributed by atoms with E-state index in [1.165, 1.54) is 11.6 Å². The summed E-state index contributed by atoms with van der Waals surface area (Å²) in [6.45, 7) is 2.97. The Morgan fingerprint density at radius 3 is 2.60 bits per heavy atom. The minimum absolute atomic E-state index is 0.193. The number of rotatable bonds is 6. The fourth-order valence-electron chi connectivity index (χ4n) is 1.95. The van der Waals surface area contributed by atoms with Crippen LogP contribution in [0.2, 0.25) is 5.02 Å². The van der Waals surface area contributed by atoms with Crippen LogP contribution in [0.4, 0.5) is 4.39 Å².